The van der Waals surface area contributed by atoms with E-state index in [4.69, 9.17) is 0 Å². The summed E-state index contributed by atoms with van der Waals surface area (Å²) < 4.78 is 2.31. The maximum atomic E-state index is 9.51. The average molecular weight is 230 g/mol. The molecule has 2 N–H and O–H groups in total. The molecule has 3 rings (SSSR count). The zero-order valence-corrected chi connectivity index (χ0v) is 10.1. The standard InChI is InChI=1S/C14H18N2O/c1-2-16-12(9-15-11-3-4-11)7-10-8-13(17)5-6-14(10)16/h5-8,11,15,17H,2-4,9H2,1H3. The Balaban J connectivity index is 1.97. The molecular formula is C14H18N2O. The third-order valence-corrected chi connectivity index (χ3v) is 3.44. The minimum Gasteiger partial charge on any atom is -0.508 e. The first kappa shape index (κ1) is 10.7. The van der Waals surface area contributed by atoms with Crippen LogP contribution in [0.5, 0.6) is 5.75 Å². The van der Waals surface area contributed by atoms with Crippen molar-refractivity contribution in [3.63, 3.8) is 0 Å². The molecule has 1 aliphatic carbocycles. The molecule has 0 amide bonds. The molecule has 0 radical (unpaired) electrons. The van der Waals surface area contributed by atoms with Gasteiger partial charge in [0.25, 0.3) is 0 Å². The van der Waals surface area contributed by atoms with E-state index in [1.165, 1.54) is 24.1 Å². The SMILES string of the molecule is CCn1c(CNC2CC2)cc2cc(O)ccc21. The van der Waals surface area contributed by atoms with Gasteiger partial charge in [-0.3, -0.25) is 0 Å². The zero-order chi connectivity index (χ0) is 11.8. The Morgan fingerprint density at radius 1 is 1.35 bits per heavy atom. The molecular weight excluding hydrogens is 212 g/mol. The third-order valence-electron chi connectivity index (χ3n) is 3.44. The van der Waals surface area contributed by atoms with E-state index < -0.39 is 0 Å². The summed E-state index contributed by atoms with van der Waals surface area (Å²) >= 11 is 0. The summed E-state index contributed by atoms with van der Waals surface area (Å²) in [5.74, 6) is 0.340. The van der Waals surface area contributed by atoms with E-state index in [0.29, 0.717) is 5.75 Å². The van der Waals surface area contributed by atoms with Crippen LogP contribution < -0.4 is 5.32 Å². The Morgan fingerprint density at radius 3 is 2.88 bits per heavy atom. The number of phenols is 1. The number of fused-ring (bicyclic) bond motifs is 1. The Bertz CT molecular complexity index is 540. The van der Waals surface area contributed by atoms with Gasteiger partial charge < -0.3 is 15.0 Å². The maximum Gasteiger partial charge on any atom is 0.116 e. The van der Waals surface area contributed by atoms with Crippen LogP contribution >= 0.6 is 0 Å². The molecule has 17 heavy (non-hydrogen) atoms. The van der Waals surface area contributed by atoms with Crippen LogP contribution in [0.1, 0.15) is 25.5 Å². The molecule has 1 aliphatic rings. The number of aromatic hydroxyl groups is 1. The lowest BCUT2D eigenvalue weighted by atomic mass is 10.2. The van der Waals surface area contributed by atoms with Crippen molar-refractivity contribution >= 4 is 10.9 Å². The minimum atomic E-state index is 0.340. The maximum absolute atomic E-state index is 9.51. The number of rotatable bonds is 4. The van der Waals surface area contributed by atoms with E-state index >= 15 is 0 Å². The number of benzene rings is 1. The fraction of sp³-hybridized carbons (Fsp3) is 0.429. The number of hydrogen-bond acceptors (Lipinski definition) is 2. The Kier molecular flexibility index (Phi) is 2.56. The molecule has 3 nitrogen and oxygen atoms in total. The predicted molar refractivity (Wildman–Crippen MR) is 69.1 cm³/mol. The molecule has 1 heterocycles. The summed E-state index contributed by atoms with van der Waals surface area (Å²) in [7, 11) is 0. The Morgan fingerprint density at radius 2 is 2.18 bits per heavy atom. The van der Waals surface area contributed by atoms with Crippen molar-refractivity contribution in [1.82, 2.24) is 9.88 Å². The van der Waals surface area contributed by atoms with Crippen LogP contribution in [0.2, 0.25) is 0 Å². The summed E-state index contributed by atoms with van der Waals surface area (Å²) in [6, 6.07) is 8.49. The zero-order valence-electron chi connectivity index (χ0n) is 10.1. The summed E-state index contributed by atoms with van der Waals surface area (Å²) in [5, 5.41) is 14.2. The lowest BCUT2D eigenvalue weighted by Gasteiger charge is -2.08. The lowest BCUT2D eigenvalue weighted by Crippen LogP contribution is -2.17. The molecule has 1 fully saturated rings. The van der Waals surface area contributed by atoms with E-state index in [0.717, 1.165) is 24.5 Å². The van der Waals surface area contributed by atoms with Crippen molar-refractivity contribution in [2.24, 2.45) is 0 Å². The van der Waals surface area contributed by atoms with Crippen molar-refractivity contribution in [3.8, 4) is 5.75 Å². The number of aromatic nitrogens is 1. The van der Waals surface area contributed by atoms with Crippen LogP contribution in [-0.2, 0) is 13.1 Å². The molecule has 2 aromatic rings. The van der Waals surface area contributed by atoms with Gasteiger partial charge in [-0.1, -0.05) is 0 Å². The highest BCUT2D eigenvalue weighted by Gasteiger charge is 2.20. The minimum absolute atomic E-state index is 0.340. The van der Waals surface area contributed by atoms with E-state index in [2.05, 4.69) is 22.9 Å². The fourth-order valence-electron chi connectivity index (χ4n) is 2.37. The number of nitrogens with one attached hydrogen (secondary N) is 1. The van der Waals surface area contributed by atoms with E-state index in [1.807, 2.05) is 12.1 Å². The van der Waals surface area contributed by atoms with Crippen LogP contribution in [0.15, 0.2) is 24.3 Å². The third kappa shape index (κ3) is 2.03. The molecule has 0 atom stereocenters. The molecule has 1 aromatic carbocycles. The largest absolute Gasteiger partial charge is 0.508 e. The summed E-state index contributed by atoms with van der Waals surface area (Å²) in [4.78, 5) is 0. The van der Waals surface area contributed by atoms with Gasteiger partial charge in [0, 0.05) is 35.7 Å². The summed E-state index contributed by atoms with van der Waals surface area (Å²) in [5.41, 5.74) is 2.51. The molecule has 0 saturated heterocycles. The highest BCUT2D eigenvalue weighted by atomic mass is 16.3. The summed E-state index contributed by atoms with van der Waals surface area (Å²) in [6.45, 7) is 4.05. The normalized spacial score (nSPS) is 15.6. The molecule has 0 unspecified atom stereocenters. The van der Waals surface area contributed by atoms with Gasteiger partial charge in [0.15, 0.2) is 0 Å². The first-order valence-corrected chi connectivity index (χ1v) is 6.32. The van der Waals surface area contributed by atoms with Crippen LogP contribution in [0.3, 0.4) is 0 Å². The lowest BCUT2D eigenvalue weighted by molar-refractivity contribution is 0.476. The smallest absolute Gasteiger partial charge is 0.116 e. The number of nitrogens with zero attached hydrogens (tertiary/aromatic N) is 1. The van der Waals surface area contributed by atoms with Gasteiger partial charge in [-0.15, -0.1) is 0 Å². The first-order chi connectivity index (χ1) is 8.28. The second-order valence-corrected chi connectivity index (χ2v) is 4.78. The van der Waals surface area contributed by atoms with Gasteiger partial charge in [-0.25, -0.2) is 0 Å². The quantitative estimate of drug-likeness (QED) is 0.847. The first-order valence-electron chi connectivity index (χ1n) is 6.32. The van der Waals surface area contributed by atoms with Crippen LogP contribution in [0, 0.1) is 0 Å². The fourth-order valence-corrected chi connectivity index (χ4v) is 2.37. The van der Waals surface area contributed by atoms with Crippen molar-refractivity contribution in [2.75, 3.05) is 0 Å². The van der Waals surface area contributed by atoms with Crippen molar-refractivity contribution in [2.45, 2.75) is 38.9 Å². The molecule has 0 bridgehead atoms. The van der Waals surface area contributed by atoms with Crippen LogP contribution in [0.25, 0.3) is 10.9 Å². The Labute approximate surface area is 101 Å². The van der Waals surface area contributed by atoms with Crippen LogP contribution in [0.4, 0.5) is 0 Å². The van der Waals surface area contributed by atoms with Gasteiger partial charge in [0.1, 0.15) is 5.75 Å². The van der Waals surface area contributed by atoms with E-state index in [-0.39, 0.29) is 0 Å². The van der Waals surface area contributed by atoms with Crippen molar-refractivity contribution < 1.29 is 5.11 Å². The number of hydrogen-bond donors (Lipinski definition) is 2. The molecule has 3 heteroatoms. The number of aryl methyl sites for hydroxylation is 1. The van der Waals surface area contributed by atoms with Gasteiger partial charge in [-0.05, 0) is 44.0 Å². The second-order valence-electron chi connectivity index (χ2n) is 4.78. The average Bonchev–Trinajstić information content (AvgIpc) is 3.07. The van der Waals surface area contributed by atoms with Gasteiger partial charge in [-0.2, -0.15) is 0 Å². The van der Waals surface area contributed by atoms with Crippen molar-refractivity contribution in [3.05, 3.63) is 30.0 Å². The highest BCUT2D eigenvalue weighted by Crippen LogP contribution is 2.25. The number of phenolic OH excluding ortho intramolecular Hbond substituents is 1. The second kappa shape index (κ2) is 4.08. The van der Waals surface area contributed by atoms with Gasteiger partial charge in [0.05, 0.1) is 0 Å². The van der Waals surface area contributed by atoms with Gasteiger partial charge in [0.2, 0.25) is 0 Å². The highest BCUT2D eigenvalue weighted by molar-refractivity contribution is 5.82. The molecule has 1 aromatic heterocycles. The van der Waals surface area contributed by atoms with Crippen molar-refractivity contribution in [1.29, 1.82) is 0 Å². The molecule has 90 valence electrons. The summed E-state index contributed by atoms with van der Waals surface area (Å²) in [6.07, 6.45) is 2.63. The van der Waals surface area contributed by atoms with Gasteiger partial charge >= 0.3 is 0 Å². The Hall–Kier alpha value is -1.48. The molecule has 0 aliphatic heterocycles. The van der Waals surface area contributed by atoms with E-state index in [1.54, 1.807) is 6.07 Å². The predicted octanol–water partition coefficient (Wildman–Crippen LogP) is 2.62. The topological polar surface area (TPSA) is 37.2 Å². The molecule has 0 spiro atoms. The monoisotopic (exact) mass is 230 g/mol. The van der Waals surface area contributed by atoms with E-state index in [9.17, 15) is 5.11 Å². The molecule has 1 saturated carbocycles. The van der Waals surface area contributed by atoms with Crippen LogP contribution in [-0.4, -0.2) is 15.7 Å².